The summed E-state index contributed by atoms with van der Waals surface area (Å²) >= 11 is 3.36. The van der Waals surface area contributed by atoms with Crippen molar-refractivity contribution >= 4 is 33.5 Å². The van der Waals surface area contributed by atoms with Crippen LogP contribution in [0.15, 0.2) is 59.1 Å². The molecule has 8 heteroatoms. The second-order valence-electron chi connectivity index (χ2n) is 5.82. The summed E-state index contributed by atoms with van der Waals surface area (Å²) in [6, 6.07) is 17.9. The highest BCUT2D eigenvalue weighted by Gasteiger charge is 2.24. The number of nitrogens with zero attached hydrogens (tertiary/aromatic N) is 2. The maximum Gasteiger partial charge on any atom is 0.358 e. The molecule has 0 saturated carbocycles. The minimum absolute atomic E-state index is 0.107. The molecule has 0 bridgehead atoms. The van der Waals surface area contributed by atoms with E-state index in [4.69, 9.17) is 10.00 Å². The summed E-state index contributed by atoms with van der Waals surface area (Å²) in [6.07, 6.45) is -1.07. The first-order chi connectivity index (χ1) is 13.5. The number of halogens is 1. The van der Waals surface area contributed by atoms with Gasteiger partial charge in [0, 0.05) is 5.56 Å². The fourth-order valence-electron chi connectivity index (χ4n) is 2.45. The number of aromatic nitrogens is 2. The van der Waals surface area contributed by atoms with Crippen LogP contribution in [-0.4, -0.2) is 28.2 Å². The molecule has 3 rings (SSSR count). The molecule has 1 aromatic heterocycles. The van der Waals surface area contributed by atoms with Gasteiger partial charge in [-0.25, -0.2) is 4.79 Å². The van der Waals surface area contributed by atoms with Crippen molar-refractivity contribution in [2.45, 2.75) is 13.0 Å². The summed E-state index contributed by atoms with van der Waals surface area (Å²) in [4.78, 5) is 24.8. The van der Waals surface area contributed by atoms with E-state index in [9.17, 15) is 9.59 Å². The van der Waals surface area contributed by atoms with Crippen molar-refractivity contribution in [3.05, 3.63) is 70.3 Å². The predicted octanol–water partition coefficient (Wildman–Crippen LogP) is 3.89. The molecule has 0 spiro atoms. The van der Waals surface area contributed by atoms with E-state index >= 15 is 0 Å². The predicted molar refractivity (Wildman–Crippen MR) is 106 cm³/mol. The van der Waals surface area contributed by atoms with E-state index in [0.29, 0.717) is 21.4 Å². The Morgan fingerprint density at radius 1 is 1.18 bits per heavy atom. The maximum absolute atomic E-state index is 12.4. The topological polar surface area (TPSA) is 108 Å². The minimum Gasteiger partial charge on any atom is -0.448 e. The number of aromatic amines is 1. The number of hydrogen-bond donors (Lipinski definition) is 2. The van der Waals surface area contributed by atoms with Crippen molar-refractivity contribution in [3.63, 3.8) is 0 Å². The highest BCUT2D eigenvalue weighted by atomic mass is 79.9. The second-order valence-corrected chi connectivity index (χ2v) is 6.61. The molecule has 2 N–H and O–H groups in total. The summed E-state index contributed by atoms with van der Waals surface area (Å²) in [6.45, 7) is 1.45. The summed E-state index contributed by atoms with van der Waals surface area (Å²) in [7, 11) is 0. The number of H-pyrrole nitrogens is 1. The number of nitrogens with one attached hydrogen (secondary N) is 2. The Labute approximate surface area is 169 Å². The average Bonchev–Trinajstić information content (AvgIpc) is 3.10. The van der Waals surface area contributed by atoms with Crippen molar-refractivity contribution in [2.75, 3.05) is 5.32 Å². The standard InChI is InChI=1S/C20H15BrN4O3/c1-12(19(26)23-15-10-6-5-9-14(15)11-22)28-20(27)18-16(21)17(24-25-18)13-7-3-2-4-8-13/h2-10,12H,1H3,(H,23,26)(H,24,25). The van der Waals surface area contributed by atoms with Gasteiger partial charge in [0.15, 0.2) is 11.8 Å². The molecule has 0 aliphatic heterocycles. The molecule has 1 heterocycles. The van der Waals surface area contributed by atoms with Gasteiger partial charge in [-0.15, -0.1) is 0 Å². The molecule has 0 aliphatic carbocycles. The third kappa shape index (κ3) is 4.10. The number of benzene rings is 2. The third-order valence-electron chi connectivity index (χ3n) is 3.92. The largest absolute Gasteiger partial charge is 0.448 e. The number of carbonyl (C=O) groups excluding carboxylic acids is 2. The van der Waals surface area contributed by atoms with E-state index in [1.54, 1.807) is 24.3 Å². The number of esters is 1. The number of hydrogen-bond acceptors (Lipinski definition) is 5. The molecular weight excluding hydrogens is 424 g/mol. The lowest BCUT2D eigenvalue weighted by Crippen LogP contribution is -2.30. The number of ether oxygens (including phenoxy) is 1. The van der Waals surface area contributed by atoms with Crippen LogP contribution in [0.5, 0.6) is 0 Å². The van der Waals surface area contributed by atoms with Crippen LogP contribution in [0.3, 0.4) is 0 Å². The van der Waals surface area contributed by atoms with Crippen LogP contribution >= 0.6 is 15.9 Å². The quantitative estimate of drug-likeness (QED) is 0.587. The summed E-state index contributed by atoms with van der Waals surface area (Å²) < 4.78 is 5.69. The minimum atomic E-state index is -1.07. The van der Waals surface area contributed by atoms with E-state index in [2.05, 4.69) is 31.4 Å². The van der Waals surface area contributed by atoms with Gasteiger partial charge < -0.3 is 10.1 Å². The number of amides is 1. The van der Waals surface area contributed by atoms with Crippen LogP contribution in [0.2, 0.25) is 0 Å². The van der Waals surface area contributed by atoms with Crippen LogP contribution in [-0.2, 0) is 9.53 Å². The second kappa shape index (κ2) is 8.50. The van der Waals surface area contributed by atoms with E-state index in [0.717, 1.165) is 5.56 Å². The number of nitriles is 1. The van der Waals surface area contributed by atoms with Gasteiger partial charge in [-0.3, -0.25) is 9.89 Å². The number of para-hydroxylation sites is 1. The molecule has 0 fully saturated rings. The zero-order valence-corrected chi connectivity index (χ0v) is 16.4. The molecule has 3 aromatic rings. The zero-order valence-electron chi connectivity index (χ0n) is 14.8. The summed E-state index contributed by atoms with van der Waals surface area (Å²) in [5, 5.41) is 18.5. The molecular formula is C20H15BrN4O3. The van der Waals surface area contributed by atoms with Crippen molar-refractivity contribution in [1.29, 1.82) is 5.26 Å². The third-order valence-corrected chi connectivity index (χ3v) is 4.69. The van der Waals surface area contributed by atoms with Gasteiger partial charge in [0.05, 0.1) is 15.7 Å². The Bertz CT molecular complexity index is 1060. The zero-order chi connectivity index (χ0) is 20.1. The average molecular weight is 439 g/mol. The van der Waals surface area contributed by atoms with Gasteiger partial charge in [0.2, 0.25) is 0 Å². The Balaban J connectivity index is 1.70. The first-order valence-corrected chi connectivity index (χ1v) is 9.10. The van der Waals surface area contributed by atoms with Crippen LogP contribution in [0.1, 0.15) is 23.0 Å². The van der Waals surface area contributed by atoms with Crippen LogP contribution < -0.4 is 5.32 Å². The van der Waals surface area contributed by atoms with E-state index in [1.807, 2.05) is 36.4 Å². The van der Waals surface area contributed by atoms with Gasteiger partial charge in [0.25, 0.3) is 5.91 Å². The molecule has 2 aromatic carbocycles. The maximum atomic E-state index is 12.4. The van der Waals surface area contributed by atoms with Crippen LogP contribution in [0.25, 0.3) is 11.3 Å². The normalized spacial score (nSPS) is 11.3. The number of carbonyl (C=O) groups is 2. The van der Waals surface area contributed by atoms with Crippen molar-refractivity contribution in [3.8, 4) is 17.3 Å². The Morgan fingerprint density at radius 2 is 1.86 bits per heavy atom. The van der Waals surface area contributed by atoms with E-state index < -0.39 is 18.0 Å². The SMILES string of the molecule is CC(OC(=O)c1[nH]nc(-c2ccccc2)c1Br)C(=O)Nc1ccccc1C#N. The van der Waals surface area contributed by atoms with Gasteiger partial charge in [-0.1, -0.05) is 42.5 Å². The molecule has 1 unspecified atom stereocenters. The van der Waals surface area contributed by atoms with Crippen LogP contribution in [0, 0.1) is 11.3 Å². The van der Waals surface area contributed by atoms with Gasteiger partial charge in [-0.05, 0) is 35.0 Å². The van der Waals surface area contributed by atoms with E-state index in [1.165, 1.54) is 6.92 Å². The monoisotopic (exact) mass is 438 g/mol. The number of rotatable bonds is 5. The fourth-order valence-corrected chi connectivity index (χ4v) is 3.02. The fraction of sp³-hybridized carbons (Fsp3) is 0.100. The lowest BCUT2D eigenvalue weighted by molar-refractivity contribution is -0.123. The Kier molecular flexibility index (Phi) is 5.87. The van der Waals surface area contributed by atoms with Gasteiger partial charge in [-0.2, -0.15) is 10.4 Å². The lowest BCUT2D eigenvalue weighted by Gasteiger charge is -2.13. The highest BCUT2D eigenvalue weighted by Crippen LogP contribution is 2.29. The Morgan fingerprint density at radius 3 is 2.57 bits per heavy atom. The van der Waals surface area contributed by atoms with Crippen molar-refractivity contribution in [1.82, 2.24) is 10.2 Å². The van der Waals surface area contributed by atoms with Crippen molar-refractivity contribution in [2.24, 2.45) is 0 Å². The molecule has 0 aliphatic rings. The molecule has 140 valence electrons. The van der Waals surface area contributed by atoms with E-state index in [-0.39, 0.29) is 5.69 Å². The Hall–Kier alpha value is -3.44. The van der Waals surface area contributed by atoms with Crippen molar-refractivity contribution < 1.29 is 14.3 Å². The molecule has 1 amide bonds. The lowest BCUT2D eigenvalue weighted by atomic mass is 10.1. The molecule has 0 saturated heterocycles. The number of anilines is 1. The molecule has 28 heavy (non-hydrogen) atoms. The molecule has 7 nitrogen and oxygen atoms in total. The highest BCUT2D eigenvalue weighted by molar-refractivity contribution is 9.10. The summed E-state index contributed by atoms with van der Waals surface area (Å²) in [5.41, 5.74) is 2.16. The summed E-state index contributed by atoms with van der Waals surface area (Å²) in [5.74, 6) is -1.27. The van der Waals surface area contributed by atoms with Crippen LogP contribution in [0.4, 0.5) is 5.69 Å². The van der Waals surface area contributed by atoms with Gasteiger partial charge in [0.1, 0.15) is 11.8 Å². The first-order valence-electron chi connectivity index (χ1n) is 8.31. The molecule has 1 atom stereocenters. The smallest absolute Gasteiger partial charge is 0.358 e. The molecule has 0 radical (unpaired) electrons. The van der Waals surface area contributed by atoms with Gasteiger partial charge >= 0.3 is 5.97 Å². The first kappa shape index (κ1) is 19.3.